The first-order chi connectivity index (χ1) is 6.38. The van der Waals surface area contributed by atoms with E-state index in [0.29, 0.717) is 5.75 Å². The van der Waals surface area contributed by atoms with Gasteiger partial charge in [0.2, 0.25) is 0 Å². The molecule has 0 atom stereocenters. The maximum Gasteiger partial charge on any atom is 0.123 e. The molecule has 2 aromatic carbocycles. The van der Waals surface area contributed by atoms with E-state index in [4.69, 9.17) is 0 Å². The van der Waals surface area contributed by atoms with Gasteiger partial charge in [0.25, 0.3) is 0 Å². The van der Waals surface area contributed by atoms with Crippen LogP contribution in [0.2, 0.25) is 0 Å². The minimum absolute atomic E-state index is 0. The fourth-order valence-electron chi connectivity index (χ4n) is 1.34. The first kappa shape index (κ1) is 11.2. The summed E-state index contributed by atoms with van der Waals surface area (Å²) in [5.74, 6) is 0.328. The van der Waals surface area contributed by atoms with E-state index >= 15 is 0 Å². The minimum Gasteiger partial charge on any atom is -0.507 e. The second kappa shape index (κ2) is 5.12. The Hall–Kier alpha value is -0.877. The molecule has 0 bridgehead atoms. The van der Waals surface area contributed by atoms with E-state index in [1.54, 1.807) is 6.07 Å². The normalized spacial score (nSPS) is 9.14. The van der Waals surface area contributed by atoms with E-state index in [-0.39, 0.29) is 26.2 Å². The molecule has 0 aliphatic rings. The number of hydrogen-bond acceptors (Lipinski definition) is 1. The Balaban J connectivity index is 0.000000980. The predicted molar refractivity (Wildman–Crippen MR) is 53.5 cm³/mol. The van der Waals surface area contributed by atoms with E-state index in [2.05, 4.69) is 0 Å². The van der Waals surface area contributed by atoms with Crippen molar-refractivity contribution >= 4 is 0 Å². The molecule has 2 rings (SSSR count). The van der Waals surface area contributed by atoms with Crippen molar-refractivity contribution in [1.29, 1.82) is 0 Å². The van der Waals surface area contributed by atoms with Crippen molar-refractivity contribution in [1.82, 2.24) is 0 Å². The average Bonchev–Trinajstić information content (AvgIpc) is 2.20. The van der Waals surface area contributed by atoms with Gasteiger partial charge in [0.05, 0.1) is 0 Å². The molecule has 2 aromatic rings. The van der Waals surface area contributed by atoms with Crippen LogP contribution in [0, 0.1) is 0 Å². The Morgan fingerprint density at radius 3 is 1.93 bits per heavy atom. The van der Waals surface area contributed by atoms with Crippen LogP contribution in [0.15, 0.2) is 54.6 Å². The summed E-state index contributed by atoms with van der Waals surface area (Å²) in [6.07, 6.45) is 0. The molecule has 0 saturated heterocycles. The third kappa shape index (κ3) is 2.33. The van der Waals surface area contributed by atoms with Crippen LogP contribution in [0.1, 0.15) is 0 Å². The fraction of sp³-hybridized carbons (Fsp3) is 0. The summed E-state index contributed by atoms with van der Waals surface area (Å²) in [5, 5.41) is 9.56. The third-order valence-electron chi connectivity index (χ3n) is 1.99. The monoisotopic (exact) mass is 260 g/mol. The SMILES string of the molecule is Oc1ccccc1-c1ccccc1.[Zr]. The summed E-state index contributed by atoms with van der Waals surface area (Å²) in [5.41, 5.74) is 1.92. The third-order valence-corrected chi connectivity index (χ3v) is 1.99. The van der Waals surface area contributed by atoms with E-state index in [9.17, 15) is 5.11 Å². The van der Waals surface area contributed by atoms with Crippen LogP contribution >= 0.6 is 0 Å². The number of hydrogen-bond donors (Lipinski definition) is 1. The first-order valence-corrected chi connectivity index (χ1v) is 4.21. The Kier molecular flexibility index (Phi) is 4.09. The smallest absolute Gasteiger partial charge is 0.123 e. The first-order valence-electron chi connectivity index (χ1n) is 4.21. The van der Waals surface area contributed by atoms with Crippen molar-refractivity contribution < 1.29 is 31.3 Å². The Labute approximate surface area is 103 Å². The van der Waals surface area contributed by atoms with Gasteiger partial charge < -0.3 is 5.11 Å². The zero-order valence-electron chi connectivity index (χ0n) is 7.64. The van der Waals surface area contributed by atoms with Crippen LogP contribution in [-0.4, -0.2) is 5.11 Å². The van der Waals surface area contributed by atoms with Gasteiger partial charge in [0.1, 0.15) is 5.75 Å². The maximum absolute atomic E-state index is 9.56. The van der Waals surface area contributed by atoms with Crippen LogP contribution in [-0.2, 0) is 26.2 Å². The molecule has 0 aromatic heterocycles. The van der Waals surface area contributed by atoms with E-state index in [1.807, 2.05) is 48.5 Å². The number of benzene rings is 2. The minimum atomic E-state index is 0. The average molecular weight is 261 g/mol. The van der Waals surface area contributed by atoms with E-state index in [1.165, 1.54) is 0 Å². The summed E-state index contributed by atoms with van der Waals surface area (Å²) in [6, 6.07) is 17.2. The summed E-state index contributed by atoms with van der Waals surface area (Å²) in [7, 11) is 0. The van der Waals surface area contributed by atoms with Gasteiger partial charge in [0, 0.05) is 31.8 Å². The summed E-state index contributed by atoms with van der Waals surface area (Å²) in [4.78, 5) is 0. The summed E-state index contributed by atoms with van der Waals surface area (Å²) in [6.45, 7) is 0. The van der Waals surface area contributed by atoms with Gasteiger partial charge in [-0.25, -0.2) is 0 Å². The van der Waals surface area contributed by atoms with Crippen LogP contribution in [0.3, 0.4) is 0 Å². The van der Waals surface area contributed by atoms with Crippen molar-refractivity contribution in [2.75, 3.05) is 0 Å². The summed E-state index contributed by atoms with van der Waals surface area (Å²) >= 11 is 0. The largest absolute Gasteiger partial charge is 0.507 e. The number of phenolic OH excluding ortho intramolecular Hbond substituents is 1. The molecule has 1 N–H and O–H groups in total. The molecular formula is C12H10OZr. The Bertz CT molecular complexity index is 398. The van der Waals surface area contributed by atoms with Crippen LogP contribution < -0.4 is 0 Å². The van der Waals surface area contributed by atoms with Gasteiger partial charge in [-0.3, -0.25) is 0 Å². The second-order valence-corrected chi connectivity index (χ2v) is 2.88. The number of para-hydroxylation sites is 1. The molecular weight excluding hydrogens is 251 g/mol. The zero-order valence-corrected chi connectivity index (χ0v) is 10.1. The maximum atomic E-state index is 9.56. The van der Waals surface area contributed by atoms with Gasteiger partial charge in [0.15, 0.2) is 0 Å². The molecule has 0 aliphatic carbocycles. The topological polar surface area (TPSA) is 20.2 Å². The van der Waals surface area contributed by atoms with Gasteiger partial charge in [-0.2, -0.15) is 0 Å². The molecule has 68 valence electrons. The second-order valence-electron chi connectivity index (χ2n) is 2.88. The van der Waals surface area contributed by atoms with Crippen molar-refractivity contribution in [2.45, 2.75) is 0 Å². The Morgan fingerprint density at radius 1 is 0.714 bits per heavy atom. The fourth-order valence-corrected chi connectivity index (χ4v) is 1.34. The Morgan fingerprint density at radius 2 is 1.29 bits per heavy atom. The van der Waals surface area contributed by atoms with Gasteiger partial charge in [-0.15, -0.1) is 0 Å². The molecule has 14 heavy (non-hydrogen) atoms. The van der Waals surface area contributed by atoms with Crippen molar-refractivity contribution in [3.05, 3.63) is 54.6 Å². The van der Waals surface area contributed by atoms with Crippen LogP contribution in [0.5, 0.6) is 5.75 Å². The number of rotatable bonds is 1. The summed E-state index contributed by atoms with van der Waals surface area (Å²) < 4.78 is 0. The van der Waals surface area contributed by atoms with E-state index in [0.717, 1.165) is 11.1 Å². The molecule has 0 saturated carbocycles. The molecule has 0 radical (unpaired) electrons. The number of aromatic hydroxyl groups is 1. The van der Waals surface area contributed by atoms with Gasteiger partial charge in [-0.05, 0) is 11.6 Å². The van der Waals surface area contributed by atoms with E-state index < -0.39 is 0 Å². The van der Waals surface area contributed by atoms with Gasteiger partial charge >= 0.3 is 0 Å². The predicted octanol–water partition coefficient (Wildman–Crippen LogP) is 3.06. The molecule has 0 spiro atoms. The van der Waals surface area contributed by atoms with Crippen LogP contribution in [0.25, 0.3) is 11.1 Å². The zero-order chi connectivity index (χ0) is 9.10. The van der Waals surface area contributed by atoms with Crippen molar-refractivity contribution in [3.8, 4) is 16.9 Å². The van der Waals surface area contributed by atoms with Crippen molar-refractivity contribution in [3.63, 3.8) is 0 Å². The standard InChI is InChI=1S/C12H10O.Zr/c13-12-9-5-4-8-11(12)10-6-2-1-3-7-10;/h1-9,13H;. The number of phenols is 1. The van der Waals surface area contributed by atoms with Crippen molar-refractivity contribution in [2.24, 2.45) is 0 Å². The molecule has 1 nitrogen and oxygen atoms in total. The molecule has 0 fully saturated rings. The quantitative estimate of drug-likeness (QED) is 0.836. The molecule has 0 heterocycles. The van der Waals surface area contributed by atoms with Crippen LogP contribution in [0.4, 0.5) is 0 Å². The molecule has 0 amide bonds. The van der Waals surface area contributed by atoms with Gasteiger partial charge in [-0.1, -0.05) is 48.5 Å². The molecule has 0 aliphatic heterocycles. The molecule has 0 unspecified atom stereocenters. The molecule has 2 heteroatoms.